The second-order valence-corrected chi connectivity index (χ2v) is 6.93. The van der Waals surface area contributed by atoms with E-state index in [9.17, 15) is 4.79 Å². The van der Waals surface area contributed by atoms with Crippen molar-refractivity contribution in [2.45, 2.75) is 19.9 Å². The van der Waals surface area contributed by atoms with Crippen molar-refractivity contribution in [2.75, 3.05) is 31.6 Å². The van der Waals surface area contributed by atoms with Gasteiger partial charge in [0.15, 0.2) is 0 Å². The minimum absolute atomic E-state index is 0.322. The van der Waals surface area contributed by atoms with Crippen molar-refractivity contribution in [3.05, 3.63) is 52.5 Å². The van der Waals surface area contributed by atoms with Crippen LogP contribution in [0.4, 0.5) is 5.82 Å². The standard InChI is InChI=1S/C20H22N4O2/c1-13-6-4-8-16-17(13)20(25)26-19(22-16)15-7-5-9-21-18(15)24-11-10-23(3)14(2)12-24/h4-9,14H,10-12H2,1-3H3. The first kappa shape index (κ1) is 16.7. The lowest BCUT2D eigenvalue weighted by atomic mass is 10.1. The van der Waals surface area contributed by atoms with E-state index in [0.717, 1.165) is 36.6 Å². The fourth-order valence-corrected chi connectivity index (χ4v) is 3.45. The van der Waals surface area contributed by atoms with Gasteiger partial charge >= 0.3 is 5.63 Å². The average molecular weight is 350 g/mol. The molecule has 2 aromatic heterocycles. The Balaban J connectivity index is 1.82. The molecule has 3 heterocycles. The SMILES string of the molecule is Cc1cccc2nc(-c3cccnc3N3CCN(C)C(C)C3)oc(=O)c12. The van der Waals surface area contributed by atoms with E-state index in [1.807, 2.05) is 37.3 Å². The number of aryl methyl sites for hydroxylation is 1. The molecular formula is C20H22N4O2. The summed E-state index contributed by atoms with van der Waals surface area (Å²) >= 11 is 0. The van der Waals surface area contributed by atoms with Crippen molar-refractivity contribution in [2.24, 2.45) is 0 Å². The number of aromatic nitrogens is 2. The lowest BCUT2D eigenvalue weighted by Gasteiger charge is -2.38. The quantitative estimate of drug-likeness (QED) is 0.708. The Hall–Kier alpha value is -2.73. The molecule has 6 nitrogen and oxygen atoms in total. The Bertz CT molecular complexity index is 1010. The van der Waals surface area contributed by atoms with Gasteiger partial charge in [-0.05, 0) is 44.7 Å². The van der Waals surface area contributed by atoms with Crippen molar-refractivity contribution in [1.82, 2.24) is 14.9 Å². The number of benzene rings is 1. The minimum Gasteiger partial charge on any atom is -0.403 e. The Morgan fingerprint density at radius 1 is 1.19 bits per heavy atom. The molecule has 1 fully saturated rings. The molecule has 0 aliphatic carbocycles. The summed E-state index contributed by atoms with van der Waals surface area (Å²) in [5.41, 5.74) is 1.92. The molecule has 0 saturated carbocycles. The molecule has 1 aliphatic heterocycles. The molecule has 26 heavy (non-hydrogen) atoms. The van der Waals surface area contributed by atoms with E-state index in [0.29, 0.717) is 22.8 Å². The number of nitrogens with zero attached hydrogens (tertiary/aromatic N) is 4. The van der Waals surface area contributed by atoms with Crippen LogP contribution in [0.5, 0.6) is 0 Å². The maximum atomic E-state index is 12.5. The molecule has 0 amide bonds. The van der Waals surface area contributed by atoms with Crippen molar-refractivity contribution < 1.29 is 4.42 Å². The third kappa shape index (κ3) is 2.86. The Morgan fingerprint density at radius 2 is 2.04 bits per heavy atom. The largest absolute Gasteiger partial charge is 0.403 e. The van der Waals surface area contributed by atoms with E-state index in [-0.39, 0.29) is 5.63 Å². The highest BCUT2D eigenvalue weighted by Crippen LogP contribution is 2.29. The number of rotatable bonds is 2. The van der Waals surface area contributed by atoms with Crippen molar-refractivity contribution in [1.29, 1.82) is 0 Å². The molecule has 1 unspecified atom stereocenters. The molecule has 134 valence electrons. The number of piperazine rings is 1. The topological polar surface area (TPSA) is 62.5 Å². The monoisotopic (exact) mass is 350 g/mol. The molecule has 6 heteroatoms. The smallest absolute Gasteiger partial charge is 0.347 e. The summed E-state index contributed by atoms with van der Waals surface area (Å²) in [6.45, 7) is 6.80. The highest BCUT2D eigenvalue weighted by Gasteiger charge is 2.25. The minimum atomic E-state index is -0.357. The van der Waals surface area contributed by atoms with Gasteiger partial charge < -0.3 is 14.2 Å². The van der Waals surface area contributed by atoms with Crippen LogP contribution in [-0.4, -0.2) is 47.6 Å². The van der Waals surface area contributed by atoms with Crippen LogP contribution < -0.4 is 10.5 Å². The number of fused-ring (bicyclic) bond motifs is 1. The molecule has 1 saturated heterocycles. The van der Waals surface area contributed by atoms with E-state index in [1.54, 1.807) is 6.20 Å². The lowest BCUT2D eigenvalue weighted by molar-refractivity contribution is 0.233. The second-order valence-electron chi connectivity index (χ2n) is 6.93. The second kappa shape index (κ2) is 6.53. The number of hydrogen-bond acceptors (Lipinski definition) is 6. The molecule has 3 aromatic rings. The molecule has 0 bridgehead atoms. The van der Waals surface area contributed by atoms with Crippen LogP contribution in [-0.2, 0) is 0 Å². The third-order valence-corrected chi connectivity index (χ3v) is 5.14. The van der Waals surface area contributed by atoms with Crippen molar-refractivity contribution >= 4 is 16.7 Å². The first-order valence-corrected chi connectivity index (χ1v) is 8.85. The van der Waals surface area contributed by atoms with Crippen LogP contribution in [0, 0.1) is 6.92 Å². The van der Waals surface area contributed by atoms with Crippen LogP contribution in [0.3, 0.4) is 0 Å². The average Bonchev–Trinajstić information content (AvgIpc) is 2.64. The summed E-state index contributed by atoms with van der Waals surface area (Å²) in [6.07, 6.45) is 1.77. The predicted molar refractivity (Wildman–Crippen MR) is 103 cm³/mol. The lowest BCUT2D eigenvalue weighted by Crippen LogP contribution is -2.50. The van der Waals surface area contributed by atoms with E-state index >= 15 is 0 Å². The van der Waals surface area contributed by atoms with Gasteiger partial charge in [-0.15, -0.1) is 0 Å². The summed E-state index contributed by atoms with van der Waals surface area (Å²) in [4.78, 5) is 26.3. The fourth-order valence-electron chi connectivity index (χ4n) is 3.45. The molecule has 0 N–H and O–H groups in total. The fraction of sp³-hybridized carbons (Fsp3) is 0.350. The molecule has 0 radical (unpaired) electrons. The van der Waals surface area contributed by atoms with Crippen LogP contribution in [0.2, 0.25) is 0 Å². The zero-order valence-electron chi connectivity index (χ0n) is 15.3. The predicted octanol–water partition coefficient (Wildman–Crippen LogP) is 2.70. The number of anilines is 1. The first-order valence-electron chi connectivity index (χ1n) is 8.85. The van der Waals surface area contributed by atoms with Crippen molar-refractivity contribution in [3.63, 3.8) is 0 Å². The Labute approximate surface area is 152 Å². The van der Waals surface area contributed by atoms with Crippen LogP contribution in [0.25, 0.3) is 22.4 Å². The van der Waals surface area contributed by atoms with Crippen LogP contribution in [0.15, 0.2) is 45.7 Å². The van der Waals surface area contributed by atoms with Gasteiger partial charge in [0.2, 0.25) is 5.89 Å². The summed E-state index contributed by atoms with van der Waals surface area (Å²) in [6, 6.07) is 9.83. The van der Waals surface area contributed by atoms with Gasteiger partial charge in [0.25, 0.3) is 0 Å². The van der Waals surface area contributed by atoms with E-state index < -0.39 is 0 Å². The van der Waals surface area contributed by atoms with Gasteiger partial charge in [-0.1, -0.05) is 12.1 Å². The van der Waals surface area contributed by atoms with Gasteiger partial charge in [0.05, 0.1) is 16.5 Å². The van der Waals surface area contributed by atoms with E-state index in [2.05, 4.69) is 33.7 Å². The molecular weight excluding hydrogens is 328 g/mol. The molecule has 1 aliphatic rings. The summed E-state index contributed by atoms with van der Waals surface area (Å²) < 4.78 is 5.59. The van der Waals surface area contributed by atoms with E-state index in [1.165, 1.54) is 0 Å². The summed E-state index contributed by atoms with van der Waals surface area (Å²) in [5, 5.41) is 0.537. The van der Waals surface area contributed by atoms with Gasteiger partial charge in [0, 0.05) is 31.9 Å². The number of pyridine rings is 1. The zero-order valence-corrected chi connectivity index (χ0v) is 15.3. The summed E-state index contributed by atoms with van der Waals surface area (Å²) in [7, 11) is 2.13. The van der Waals surface area contributed by atoms with Gasteiger partial charge in [-0.3, -0.25) is 0 Å². The maximum Gasteiger partial charge on any atom is 0.347 e. The molecule has 1 atom stereocenters. The maximum absolute atomic E-state index is 12.5. The third-order valence-electron chi connectivity index (χ3n) is 5.14. The first-order chi connectivity index (χ1) is 12.5. The van der Waals surface area contributed by atoms with E-state index in [4.69, 9.17) is 4.42 Å². The van der Waals surface area contributed by atoms with Crippen LogP contribution in [0.1, 0.15) is 12.5 Å². The molecule has 4 rings (SSSR count). The zero-order chi connectivity index (χ0) is 18.3. The number of hydrogen-bond donors (Lipinski definition) is 0. The van der Waals surface area contributed by atoms with Crippen molar-refractivity contribution in [3.8, 4) is 11.5 Å². The molecule has 0 spiro atoms. The molecule has 1 aromatic carbocycles. The van der Waals surface area contributed by atoms with Gasteiger partial charge in [0.1, 0.15) is 5.82 Å². The normalized spacial score (nSPS) is 18.4. The number of likely N-dealkylation sites (N-methyl/N-ethyl adjacent to an activating group) is 1. The van der Waals surface area contributed by atoms with Gasteiger partial charge in [-0.25, -0.2) is 14.8 Å². The highest BCUT2D eigenvalue weighted by molar-refractivity contribution is 5.82. The summed E-state index contributed by atoms with van der Waals surface area (Å²) in [5.74, 6) is 1.14. The van der Waals surface area contributed by atoms with Gasteiger partial charge in [-0.2, -0.15) is 0 Å². The Kier molecular flexibility index (Phi) is 4.20. The highest BCUT2D eigenvalue weighted by atomic mass is 16.4. The van der Waals surface area contributed by atoms with Crippen LogP contribution >= 0.6 is 0 Å². The Morgan fingerprint density at radius 3 is 2.85 bits per heavy atom.